The van der Waals surface area contributed by atoms with Gasteiger partial charge in [0.2, 0.25) is 0 Å². The Kier molecular flexibility index (Phi) is 3.44. The molecule has 2 nitrogen and oxygen atoms in total. The predicted molar refractivity (Wildman–Crippen MR) is 66.5 cm³/mol. The van der Waals surface area contributed by atoms with Crippen LogP contribution in [0, 0.1) is 0 Å². The highest BCUT2D eigenvalue weighted by Crippen LogP contribution is 2.26. The van der Waals surface area contributed by atoms with Crippen LogP contribution in [0.5, 0.6) is 0 Å². The molecule has 1 saturated heterocycles. The third kappa shape index (κ3) is 2.60. The van der Waals surface area contributed by atoms with Crippen LogP contribution in [-0.4, -0.2) is 37.6 Å². The van der Waals surface area contributed by atoms with Crippen molar-refractivity contribution in [1.82, 2.24) is 10.2 Å². The van der Waals surface area contributed by atoms with Gasteiger partial charge in [0.1, 0.15) is 0 Å². The molecule has 1 aliphatic rings. The molecule has 0 bridgehead atoms. The first-order valence-corrected chi connectivity index (χ1v) is 6.52. The maximum Gasteiger partial charge on any atom is 0.0321 e. The van der Waals surface area contributed by atoms with Crippen LogP contribution in [0.15, 0.2) is 17.5 Å². The zero-order chi connectivity index (χ0) is 10.7. The van der Waals surface area contributed by atoms with E-state index in [1.165, 1.54) is 37.2 Å². The number of rotatable bonds is 4. The highest BCUT2D eigenvalue weighted by atomic mass is 32.1. The largest absolute Gasteiger partial charge is 0.313 e. The Hall–Kier alpha value is -0.380. The minimum atomic E-state index is 0.360. The predicted octanol–water partition coefficient (Wildman–Crippen LogP) is 1.97. The van der Waals surface area contributed by atoms with E-state index in [0.29, 0.717) is 5.54 Å². The molecule has 15 heavy (non-hydrogen) atoms. The van der Waals surface area contributed by atoms with Crippen LogP contribution in [0.25, 0.3) is 0 Å². The van der Waals surface area contributed by atoms with E-state index in [1.807, 2.05) is 11.3 Å². The summed E-state index contributed by atoms with van der Waals surface area (Å²) in [6, 6.07) is 4.39. The van der Waals surface area contributed by atoms with E-state index in [2.05, 4.69) is 41.8 Å². The molecule has 1 aliphatic heterocycles. The maximum atomic E-state index is 3.53. The molecule has 1 unspecified atom stereocenters. The van der Waals surface area contributed by atoms with Gasteiger partial charge >= 0.3 is 0 Å². The third-order valence-electron chi connectivity index (χ3n) is 3.51. The molecule has 84 valence electrons. The van der Waals surface area contributed by atoms with E-state index in [1.54, 1.807) is 0 Å². The standard InChI is InChI=1S/C12H20N2S/c1-13-12(7-8-14(2)10-12)6-5-11-4-3-9-15-11/h3-4,9,13H,5-8,10H2,1-2H3. The Morgan fingerprint density at radius 1 is 1.60 bits per heavy atom. The van der Waals surface area contributed by atoms with E-state index in [-0.39, 0.29) is 0 Å². The van der Waals surface area contributed by atoms with Crippen LogP contribution < -0.4 is 5.32 Å². The Bertz CT molecular complexity index is 297. The van der Waals surface area contributed by atoms with Crippen LogP contribution in [0.3, 0.4) is 0 Å². The average Bonchev–Trinajstić information content (AvgIpc) is 2.85. The molecule has 1 atom stereocenters. The molecule has 2 rings (SSSR count). The minimum absolute atomic E-state index is 0.360. The number of hydrogen-bond acceptors (Lipinski definition) is 3. The number of thiophene rings is 1. The SMILES string of the molecule is CNC1(CCc2cccs2)CCN(C)C1. The van der Waals surface area contributed by atoms with Crippen molar-refractivity contribution in [3.63, 3.8) is 0 Å². The average molecular weight is 224 g/mol. The first-order chi connectivity index (χ1) is 7.24. The number of aryl methyl sites for hydroxylation is 1. The summed E-state index contributed by atoms with van der Waals surface area (Å²) >= 11 is 1.87. The van der Waals surface area contributed by atoms with Gasteiger partial charge in [-0.25, -0.2) is 0 Å². The smallest absolute Gasteiger partial charge is 0.0321 e. The molecule has 0 aliphatic carbocycles. The van der Waals surface area contributed by atoms with Gasteiger partial charge in [0, 0.05) is 17.0 Å². The minimum Gasteiger partial charge on any atom is -0.313 e. The van der Waals surface area contributed by atoms with Crippen molar-refractivity contribution in [2.45, 2.75) is 24.8 Å². The van der Waals surface area contributed by atoms with Crippen molar-refractivity contribution < 1.29 is 0 Å². The number of nitrogens with zero attached hydrogens (tertiary/aromatic N) is 1. The second-order valence-electron chi connectivity index (χ2n) is 4.60. The van der Waals surface area contributed by atoms with E-state index in [4.69, 9.17) is 0 Å². The van der Waals surface area contributed by atoms with Gasteiger partial charge in [0.05, 0.1) is 0 Å². The summed E-state index contributed by atoms with van der Waals surface area (Å²) in [6.45, 7) is 2.42. The lowest BCUT2D eigenvalue weighted by Gasteiger charge is -2.28. The maximum absolute atomic E-state index is 3.53. The van der Waals surface area contributed by atoms with Gasteiger partial charge in [-0.1, -0.05) is 6.07 Å². The number of likely N-dealkylation sites (tertiary alicyclic amines) is 1. The molecular formula is C12H20N2S. The summed E-state index contributed by atoms with van der Waals surface area (Å²) in [6.07, 6.45) is 3.76. The van der Waals surface area contributed by atoms with Crippen LogP contribution in [0.1, 0.15) is 17.7 Å². The molecule has 1 aromatic rings. The molecule has 0 radical (unpaired) electrons. The van der Waals surface area contributed by atoms with Crippen LogP contribution >= 0.6 is 11.3 Å². The Morgan fingerprint density at radius 2 is 2.47 bits per heavy atom. The lowest BCUT2D eigenvalue weighted by molar-refractivity contribution is 0.311. The van der Waals surface area contributed by atoms with Gasteiger partial charge in [-0.05, 0) is 51.3 Å². The second-order valence-corrected chi connectivity index (χ2v) is 5.63. The van der Waals surface area contributed by atoms with Crippen molar-refractivity contribution in [3.05, 3.63) is 22.4 Å². The molecule has 1 aromatic heterocycles. The first-order valence-electron chi connectivity index (χ1n) is 5.64. The topological polar surface area (TPSA) is 15.3 Å². The summed E-state index contributed by atoms with van der Waals surface area (Å²) < 4.78 is 0. The highest BCUT2D eigenvalue weighted by molar-refractivity contribution is 7.09. The number of likely N-dealkylation sites (N-methyl/N-ethyl adjacent to an activating group) is 2. The van der Waals surface area contributed by atoms with Crippen molar-refractivity contribution in [2.24, 2.45) is 0 Å². The molecule has 3 heteroatoms. The van der Waals surface area contributed by atoms with Crippen molar-refractivity contribution in [3.8, 4) is 0 Å². The summed E-state index contributed by atoms with van der Waals surface area (Å²) in [5, 5.41) is 5.70. The lowest BCUT2D eigenvalue weighted by atomic mass is 9.92. The van der Waals surface area contributed by atoms with Crippen LogP contribution in [-0.2, 0) is 6.42 Å². The van der Waals surface area contributed by atoms with Gasteiger partial charge in [-0.2, -0.15) is 0 Å². The second kappa shape index (κ2) is 4.64. The fourth-order valence-corrected chi connectivity index (χ4v) is 3.14. The summed E-state index contributed by atoms with van der Waals surface area (Å²) in [5.41, 5.74) is 0.360. The van der Waals surface area contributed by atoms with Gasteiger partial charge in [0.25, 0.3) is 0 Å². The normalized spacial score (nSPS) is 27.3. The van der Waals surface area contributed by atoms with E-state index >= 15 is 0 Å². The molecule has 1 N–H and O–H groups in total. The summed E-state index contributed by atoms with van der Waals surface area (Å²) in [7, 11) is 4.32. The summed E-state index contributed by atoms with van der Waals surface area (Å²) in [5.74, 6) is 0. The summed E-state index contributed by atoms with van der Waals surface area (Å²) in [4.78, 5) is 3.93. The number of hydrogen-bond donors (Lipinski definition) is 1. The van der Waals surface area contributed by atoms with Crippen molar-refractivity contribution in [1.29, 1.82) is 0 Å². The molecule has 0 amide bonds. The van der Waals surface area contributed by atoms with Gasteiger partial charge in [0.15, 0.2) is 0 Å². The fourth-order valence-electron chi connectivity index (χ4n) is 2.43. The zero-order valence-electron chi connectivity index (χ0n) is 9.62. The molecule has 1 fully saturated rings. The molecule has 2 heterocycles. The van der Waals surface area contributed by atoms with Crippen molar-refractivity contribution in [2.75, 3.05) is 27.2 Å². The van der Waals surface area contributed by atoms with Crippen LogP contribution in [0.4, 0.5) is 0 Å². The van der Waals surface area contributed by atoms with Gasteiger partial charge in [-0.3, -0.25) is 0 Å². The number of nitrogens with one attached hydrogen (secondary N) is 1. The Morgan fingerprint density at radius 3 is 3.00 bits per heavy atom. The first kappa shape index (κ1) is 11.1. The lowest BCUT2D eigenvalue weighted by Crippen LogP contribution is -2.45. The van der Waals surface area contributed by atoms with Crippen LogP contribution in [0.2, 0.25) is 0 Å². The Labute approximate surface area is 96.3 Å². The van der Waals surface area contributed by atoms with E-state index in [9.17, 15) is 0 Å². The molecule has 0 saturated carbocycles. The Balaban J connectivity index is 1.91. The molecular weight excluding hydrogens is 204 g/mol. The highest BCUT2D eigenvalue weighted by Gasteiger charge is 2.34. The van der Waals surface area contributed by atoms with Gasteiger partial charge in [-0.15, -0.1) is 11.3 Å². The molecule has 0 spiro atoms. The zero-order valence-corrected chi connectivity index (χ0v) is 10.4. The fraction of sp³-hybridized carbons (Fsp3) is 0.667. The quantitative estimate of drug-likeness (QED) is 0.841. The third-order valence-corrected chi connectivity index (χ3v) is 4.44. The van der Waals surface area contributed by atoms with E-state index in [0.717, 1.165) is 0 Å². The van der Waals surface area contributed by atoms with Crippen molar-refractivity contribution >= 4 is 11.3 Å². The molecule has 0 aromatic carbocycles. The monoisotopic (exact) mass is 224 g/mol. The van der Waals surface area contributed by atoms with Gasteiger partial charge < -0.3 is 10.2 Å². The van der Waals surface area contributed by atoms with E-state index < -0.39 is 0 Å².